The van der Waals surface area contributed by atoms with Crippen LogP contribution in [0.3, 0.4) is 0 Å². The average Bonchev–Trinajstić information content (AvgIpc) is 3.02. The van der Waals surface area contributed by atoms with Gasteiger partial charge in [-0.2, -0.15) is 0 Å². The van der Waals surface area contributed by atoms with Gasteiger partial charge in [-0.3, -0.25) is 0 Å². The summed E-state index contributed by atoms with van der Waals surface area (Å²) in [6.07, 6.45) is 0.867. The minimum Gasteiger partial charge on any atom is -0.489 e. The van der Waals surface area contributed by atoms with Crippen LogP contribution in [0.2, 0.25) is 0 Å². The molecule has 41 heavy (non-hydrogen) atoms. The summed E-state index contributed by atoms with van der Waals surface area (Å²) < 4.78 is 11.5. The zero-order valence-corrected chi connectivity index (χ0v) is 23.0. The van der Waals surface area contributed by atoms with E-state index in [2.05, 4.69) is 5.32 Å². The number of aliphatic hydroxyl groups excluding tert-OH is 1. The number of aliphatic hydroxyl groups is 1. The van der Waals surface area contributed by atoms with E-state index >= 15 is 0 Å². The van der Waals surface area contributed by atoms with E-state index in [0.717, 1.165) is 22.3 Å². The predicted octanol–water partition coefficient (Wildman–Crippen LogP) is 5.17. The fraction of sp³-hybridized carbons (Fsp3) is 0.235. The Bertz CT molecular complexity index is 1330. The minimum absolute atomic E-state index is 0.104. The summed E-state index contributed by atoms with van der Waals surface area (Å²) >= 11 is 0. The molecule has 4 aromatic carbocycles. The molecule has 0 aliphatic rings. The highest BCUT2D eigenvalue weighted by Crippen LogP contribution is 2.16. The lowest BCUT2D eigenvalue weighted by molar-refractivity contribution is -0.147. The van der Waals surface area contributed by atoms with Crippen molar-refractivity contribution in [1.29, 1.82) is 0 Å². The topological polar surface area (TPSA) is 88.1 Å². The molecule has 7 heteroatoms. The molecule has 0 aliphatic carbocycles. The van der Waals surface area contributed by atoms with Crippen LogP contribution in [0.25, 0.3) is 0 Å². The highest BCUT2D eigenvalue weighted by Gasteiger charge is 2.25. The lowest BCUT2D eigenvalue weighted by Crippen LogP contribution is -2.50. The molecule has 0 aromatic heterocycles. The molecule has 1 atom stereocenters. The molecule has 0 saturated heterocycles. The predicted molar refractivity (Wildman–Crippen MR) is 158 cm³/mol. The van der Waals surface area contributed by atoms with Crippen molar-refractivity contribution in [2.45, 2.75) is 32.1 Å². The van der Waals surface area contributed by atoms with Crippen molar-refractivity contribution in [2.75, 3.05) is 19.7 Å². The first-order valence-corrected chi connectivity index (χ1v) is 13.8. The highest BCUT2D eigenvalue weighted by molar-refractivity contribution is 5.84. The molecule has 0 aliphatic heterocycles. The van der Waals surface area contributed by atoms with Gasteiger partial charge in [0, 0.05) is 19.5 Å². The number of ether oxygens (including phenoxy) is 2. The molecular formula is C34H36N2O5. The van der Waals surface area contributed by atoms with Crippen LogP contribution in [0.1, 0.15) is 22.3 Å². The van der Waals surface area contributed by atoms with E-state index in [1.807, 2.05) is 115 Å². The fourth-order valence-electron chi connectivity index (χ4n) is 4.31. The van der Waals surface area contributed by atoms with Gasteiger partial charge < -0.3 is 24.8 Å². The highest BCUT2D eigenvalue weighted by atomic mass is 16.5. The van der Waals surface area contributed by atoms with Gasteiger partial charge in [0.1, 0.15) is 25.0 Å². The summed E-state index contributed by atoms with van der Waals surface area (Å²) in [6, 6.07) is 35.2. The number of nitrogens with zero attached hydrogens (tertiary/aromatic N) is 1. The summed E-state index contributed by atoms with van der Waals surface area (Å²) in [5, 5.41) is 12.4. The average molecular weight is 553 g/mol. The molecule has 0 spiro atoms. The Labute approximate surface area is 241 Å². The molecule has 0 radical (unpaired) electrons. The third kappa shape index (κ3) is 9.81. The van der Waals surface area contributed by atoms with Crippen LogP contribution in [0.15, 0.2) is 115 Å². The lowest BCUT2D eigenvalue weighted by atomic mass is 10.1. The van der Waals surface area contributed by atoms with Crippen LogP contribution < -0.4 is 10.1 Å². The van der Waals surface area contributed by atoms with Gasteiger partial charge in [-0.15, -0.1) is 0 Å². The maximum absolute atomic E-state index is 13.3. The Morgan fingerprint density at radius 2 is 1.24 bits per heavy atom. The second kappa shape index (κ2) is 15.8. The van der Waals surface area contributed by atoms with Gasteiger partial charge in [-0.05, 0) is 40.8 Å². The minimum atomic E-state index is -0.916. The van der Waals surface area contributed by atoms with Crippen molar-refractivity contribution in [3.8, 4) is 5.75 Å². The SMILES string of the molecule is O=C(OCc1ccccc1)[C@H](Cc1ccc(OCc2ccccc2)cc1)NC(=O)N(CCO)CCc1ccccc1. The monoisotopic (exact) mass is 552 g/mol. The second-order valence-electron chi connectivity index (χ2n) is 9.66. The lowest BCUT2D eigenvalue weighted by Gasteiger charge is -2.25. The van der Waals surface area contributed by atoms with Crippen LogP contribution in [-0.2, 0) is 35.6 Å². The molecule has 4 aromatic rings. The number of rotatable bonds is 14. The first-order valence-electron chi connectivity index (χ1n) is 13.8. The van der Waals surface area contributed by atoms with Gasteiger partial charge in [0.15, 0.2) is 0 Å². The molecule has 0 unspecified atom stereocenters. The molecule has 2 amide bonds. The van der Waals surface area contributed by atoms with E-state index in [1.165, 1.54) is 4.90 Å². The van der Waals surface area contributed by atoms with E-state index in [9.17, 15) is 14.7 Å². The summed E-state index contributed by atoms with van der Waals surface area (Å²) in [5.41, 5.74) is 3.85. The Kier molecular flexibility index (Phi) is 11.3. The quantitative estimate of drug-likeness (QED) is 0.211. The summed E-state index contributed by atoms with van der Waals surface area (Å²) in [4.78, 5) is 28.0. The molecule has 0 fully saturated rings. The number of benzene rings is 4. The normalized spacial score (nSPS) is 11.3. The van der Waals surface area contributed by atoms with Crippen molar-refractivity contribution >= 4 is 12.0 Å². The van der Waals surface area contributed by atoms with Crippen molar-refractivity contribution in [2.24, 2.45) is 0 Å². The van der Waals surface area contributed by atoms with Gasteiger partial charge in [0.05, 0.1) is 6.61 Å². The van der Waals surface area contributed by atoms with Gasteiger partial charge in [0.2, 0.25) is 0 Å². The number of esters is 1. The van der Waals surface area contributed by atoms with E-state index in [-0.39, 0.29) is 26.2 Å². The number of nitrogens with one attached hydrogen (secondary N) is 1. The van der Waals surface area contributed by atoms with Crippen LogP contribution in [-0.4, -0.2) is 47.7 Å². The largest absolute Gasteiger partial charge is 0.489 e. The molecule has 0 heterocycles. The van der Waals surface area contributed by atoms with Crippen molar-refractivity contribution < 1.29 is 24.2 Å². The van der Waals surface area contributed by atoms with E-state index < -0.39 is 18.0 Å². The third-order valence-corrected chi connectivity index (χ3v) is 6.59. The van der Waals surface area contributed by atoms with Gasteiger partial charge >= 0.3 is 12.0 Å². The van der Waals surface area contributed by atoms with Crippen molar-refractivity contribution in [3.05, 3.63) is 138 Å². The standard InChI is InChI=1S/C34H36N2O5/c37-23-22-36(21-20-27-10-4-1-5-11-27)34(39)35-32(33(38)41-26-30-14-8-3-9-15-30)24-28-16-18-31(19-17-28)40-25-29-12-6-2-7-13-29/h1-19,32,37H,20-26H2,(H,35,39)/t32-/m0/s1. The van der Waals surface area contributed by atoms with Gasteiger partial charge in [-0.1, -0.05) is 103 Å². The van der Waals surface area contributed by atoms with E-state index in [0.29, 0.717) is 25.3 Å². The zero-order valence-electron chi connectivity index (χ0n) is 23.0. The number of amides is 2. The third-order valence-electron chi connectivity index (χ3n) is 6.59. The van der Waals surface area contributed by atoms with E-state index in [4.69, 9.17) is 9.47 Å². The van der Waals surface area contributed by atoms with Crippen molar-refractivity contribution in [3.63, 3.8) is 0 Å². The molecule has 4 rings (SSSR count). The van der Waals surface area contributed by atoms with Gasteiger partial charge in [0.25, 0.3) is 0 Å². The number of urea groups is 1. The second-order valence-corrected chi connectivity index (χ2v) is 9.66. The number of hydrogen-bond acceptors (Lipinski definition) is 5. The van der Waals surface area contributed by atoms with E-state index in [1.54, 1.807) is 0 Å². The van der Waals surface area contributed by atoms with Crippen LogP contribution in [0, 0.1) is 0 Å². The van der Waals surface area contributed by atoms with Crippen LogP contribution in [0.5, 0.6) is 5.75 Å². The number of hydrogen-bond donors (Lipinski definition) is 2. The molecular weight excluding hydrogens is 516 g/mol. The smallest absolute Gasteiger partial charge is 0.329 e. The molecule has 212 valence electrons. The Hall–Kier alpha value is -4.62. The summed E-state index contributed by atoms with van der Waals surface area (Å²) in [6.45, 7) is 0.921. The first-order chi connectivity index (χ1) is 20.1. The summed E-state index contributed by atoms with van der Waals surface area (Å²) in [5.74, 6) is 0.179. The Balaban J connectivity index is 1.41. The number of carbonyl (C=O) groups is 2. The molecule has 0 bridgehead atoms. The maximum atomic E-state index is 13.3. The Morgan fingerprint density at radius 1 is 0.683 bits per heavy atom. The molecule has 0 saturated carbocycles. The fourth-order valence-corrected chi connectivity index (χ4v) is 4.31. The van der Waals surface area contributed by atoms with Crippen molar-refractivity contribution in [1.82, 2.24) is 10.2 Å². The Morgan fingerprint density at radius 3 is 1.83 bits per heavy atom. The zero-order chi connectivity index (χ0) is 28.7. The molecule has 7 nitrogen and oxygen atoms in total. The summed E-state index contributed by atoms with van der Waals surface area (Å²) in [7, 11) is 0. The maximum Gasteiger partial charge on any atom is 0.329 e. The molecule has 2 N–H and O–H groups in total. The number of carbonyl (C=O) groups excluding carboxylic acids is 2. The van der Waals surface area contributed by atoms with Crippen LogP contribution >= 0.6 is 0 Å². The van der Waals surface area contributed by atoms with Crippen LogP contribution in [0.4, 0.5) is 4.79 Å². The van der Waals surface area contributed by atoms with Gasteiger partial charge in [-0.25, -0.2) is 9.59 Å². The first kappa shape index (κ1) is 29.4.